The summed E-state index contributed by atoms with van der Waals surface area (Å²) < 4.78 is 4.99. The Hall–Kier alpha value is -0.500. The lowest BCUT2D eigenvalue weighted by atomic mass is 10.3. The fraction of sp³-hybridized carbons (Fsp3) is 0.600. The zero-order valence-corrected chi connectivity index (χ0v) is 4.18. The van der Waals surface area contributed by atoms with Gasteiger partial charge in [-0.3, -0.25) is 0 Å². The molecule has 40 valence electrons. The van der Waals surface area contributed by atoms with Crippen molar-refractivity contribution in [2.45, 2.75) is 6.42 Å². The highest BCUT2D eigenvalue weighted by Gasteiger charge is 1.95. The summed E-state index contributed by atoms with van der Waals surface area (Å²) >= 11 is 0. The summed E-state index contributed by atoms with van der Waals surface area (Å²) in [6.45, 7) is 1.46. The van der Waals surface area contributed by atoms with Crippen LogP contribution >= 0.6 is 0 Å². The van der Waals surface area contributed by atoms with E-state index >= 15 is 0 Å². The molecule has 0 amide bonds. The molecule has 0 saturated heterocycles. The van der Waals surface area contributed by atoms with Crippen LogP contribution in [0.15, 0.2) is 11.8 Å². The molecule has 0 spiro atoms. The van der Waals surface area contributed by atoms with E-state index in [9.17, 15) is 0 Å². The van der Waals surface area contributed by atoms with Gasteiger partial charge in [0, 0.05) is 5.70 Å². The molecule has 2 N–H and O–H groups in total. The van der Waals surface area contributed by atoms with E-state index in [2.05, 4.69) is 0 Å². The van der Waals surface area contributed by atoms with Crippen LogP contribution in [0.2, 0.25) is 0 Å². The molecule has 0 unspecified atom stereocenters. The molecule has 0 fully saturated rings. The second kappa shape index (κ2) is 1.98. The van der Waals surface area contributed by atoms with Crippen molar-refractivity contribution in [1.29, 1.82) is 0 Å². The van der Waals surface area contributed by atoms with Gasteiger partial charge < -0.3 is 10.5 Å². The number of ether oxygens (including phenoxy) is 1. The van der Waals surface area contributed by atoms with Crippen LogP contribution in [0.4, 0.5) is 0 Å². The minimum absolute atomic E-state index is 0.625. The smallest absolute Gasteiger partial charge is 0.0857 e. The van der Waals surface area contributed by atoms with Crippen LogP contribution in [0.1, 0.15) is 6.42 Å². The van der Waals surface area contributed by atoms with Gasteiger partial charge in [-0.2, -0.15) is 0 Å². The molecule has 1 heterocycles. The van der Waals surface area contributed by atoms with Crippen molar-refractivity contribution in [1.82, 2.24) is 0 Å². The molecule has 0 atom stereocenters. The van der Waals surface area contributed by atoms with Crippen molar-refractivity contribution in [2.75, 3.05) is 13.2 Å². The Morgan fingerprint density at radius 1 is 1.71 bits per heavy atom. The predicted octanol–water partition coefficient (Wildman–Crippen LogP) is 0.249. The van der Waals surface area contributed by atoms with E-state index in [-0.39, 0.29) is 0 Å². The van der Waals surface area contributed by atoms with E-state index in [4.69, 9.17) is 10.5 Å². The van der Waals surface area contributed by atoms with Crippen LogP contribution in [0.5, 0.6) is 0 Å². The van der Waals surface area contributed by atoms with Crippen molar-refractivity contribution >= 4 is 0 Å². The van der Waals surface area contributed by atoms with Crippen LogP contribution in [-0.2, 0) is 4.74 Å². The molecule has 0 aromatic carbocycles. The van der Waals surface area contributed by atoms with Crippen molar-refractivity contribution in [3.8, 4) is 0 Å². The minimum atomic E-state index is 0.625. The van der Waals surface area contributed by atoms with Crippen molar-refractivity contribution in [3.05, 3.63) is 11.8 Å². The van der Waals surface area contributed by atoms with Gasteiger partial charge in [0.05, 0.1) is 13.2 Å². The van der Waals surface area contributed by atoms with Gasteiger partial charge in [0.25, 0.3) is 0 Å². The average molecular weight is 99.1 g/mol. The highest BCUT2D eigenvalue weighted by Crippen LogP contribution is 1.97. The van der Waals surface area contributed by atoms with Crippen LogP contribution in [0.25, 0.3) is 0 Å². The third-order valence-corrected chi connectivity index (χ3v) is 0.937. The Labute approximate surface area is 43.0 Å². The zero-order chi connectivity index (χ0) is 5.11. The van der Waals surface area contributed by atoms with Gasteiger partial charge in [-0.15, -0.1) is 0 Å². The largest absolute Gasteiger partial charge is 0.400 e. The first-order valence-electron chi connectivity index (χ1n) is 2.42. The van der Waals surface area contributed by atoms with Gasteiger partial charge in [-0.25, -0.2) is 0 Å². The average Bonchev–Trinajstić information content (AvgIpc) is 1.69. The quantitative estimate of drug-likeness (QED) is 0.472. The summed E-state index contributed by atoms with van der Waals surface area (Å²) in [5, 5.41) is 0. The third-order valence-electron chi connectivity index (χ3n) is 0.937. The summed E-state index contributed by atoms with van der Waals surface area (Å²) in [5.74, 6) is 0. The monoisotopic (exact) mass is 99.1 g/mol. The Balaban J connectivity index is 2.40. The Bertz CT molecular complexity index is 88.1. The maximum absolute atomic E-state index is 5.37. The van der Waals surface area contributed by atoms with Gasteiger partial charge in [-0.1, -0.05) is 6.08 Å². The second-order valence-corrected chi connectivity index (χ2v) is 1.62. The van der Waals surface area contributed by atoms with Gasteiger partial charge >= 0.3 is 0 Å². The fourth-order valence-electron chi connectivity index (χ4n) is 0.577. The number of rotatable bonds is 0. The lowest BCUT2D eigenvalue weighted by molar-refractivity contribution is 0.149. The molecule has 2 nitrogen and oxygen atoms in total. The van der Waals surface area contributed by atoms with E-state index in [0.29, 0.717) is 6.61 Å². The second-order valence-electron chi connectivity index (χ2n) is 1.62. The predicted molar refractivity (Wildman–Crippen MR) is 27.7 cm³/mol. The van der Waals surface area contributed by atoms with Gasteiger partial charge in [0.1, 0.15) is 0 Å². The molecular weight excluding hydrogens is 90.1 g/mol. The highest BCUT2D eigenvalue weighted by molar-refractivity contribution is 4.98. The van der Waals surface area contributed by atoms with E-state index in [1.807, 2.05) is 6.08 Å². The lowest BCUT2D eigenvalue weighted by Gasteiger charge is -2.07. The third kappa shape index (κ3) is 1.20. The summed E-state index contributed by atoms with van der Waals surface area (Å²) in [4.78, 5) is 0. The Morgan fingerprint density at radius 3 is 2.86 bits per heavy atom. The Kier molecular flexibility index (Phi) is 1.32. The lowest BCUT2D eigenvalue weighted by Crippen LogP contribution is -2.11. The van der Waals surface area contributed by atoms with E-state index in [1.165, 1.54) is 0 Å². The molecule has 1 aliphatic heterocycles. The van der Waals surface area contributed by atoms with E-state index in [0.717, 1.165) is 18.7 Å². The van der Waals surface area contributed by atoms with E-state index < -0.39 is 0 Å². The zero-order valence-electron chi connectivity index (χ0n) is 4.18. The van der Waals surface area contributed by atoms with Crippen LogP contribution in [0.3, 0.4) is 0 Å². The molecule has 0 saturated carbocycles. The summed E-state index contributed by atoms with van der Waals surface area (Å²) in [6.07, 6.45) is 2.98. The first kappa shape index (κ1) is 4.65. The molecular formula is C5H9NO. The number of hydrogen-bond acceptors (Lipinski definition) is 2. The maximum Gasteiger partial charge on any atom is 0.0857 e. The number of hydrogen-bond donors (Lipinski definition) is 1. The van der Waals surface area contributed by atoms with Crippen molar-refractivity contribution < 1.29 is 4.74 Å². The van der Waals surface area contributed by atoms with Crippen LogP contribution < -0.4 is 5.73 Å². The molecule has 0 aromatic rings. The van der Waals surface area contributed by atoms with Gasteiger partial charge in [-0.05, 0) is 6.42 Å². The first-order chi connectivity index (χ1) is 3.39. The topological polar surface area (TPSA) is 35.2 Å². The first-order valence-corrected chi connectivity index (χ1v) is 2.42. The van der Waals surface area contributed by atoms with Gasteiger partial charge in [0.15, 0.2) is 0 Å². The maximum atomic E-state index is 5.37. The van der Waals surface area contributed by atoms with E-state index in [1.54, 1.807) is 0 Å². The van der Waals surface area contributed by atoms with Crippen LogP contribution in [-0.4, -0.2) is 13.2 Å². The summed E-state index contributed by atoms with van der Waals surface area (Å²) in [5.41, 5.74) is 6.24. The molecule has 0 aliphatic carbocycles. The van der Waals surface area contributed by atoms with Gasteiger partial charge in [0.2, 0.25) is 0 Å². The molecule has 0 radical (unpaired) electrons. The van der Waals surface area contributed by atoms with Crippen LogP contribution in [0, 0.1) is 0 Å². The molecule has 1 aliphatic rings. The summed E-state index contributed by atoms with van der Waals surface area (Å²) in [6, 6.07) is 0. The molecule has 0 aromatic heterocycles. The molecule has 7 heavy (non-hydrogen) atoms. The van der Waals surface area contributed by atoms with Crippen molar-refractivity contribution in [2.24, 2.45) is 5.73 Å². The SMILES string of the molecule is NC1=CCCOC1. The number of nitrogens with two attached hydrogens (primary N) is 1. The fourth-order valence-corrected chi connectivity index (χ4v) is 0.577. The molecule has 1 rings (SSSR count). The highest BCUT2D eigenvalue weighted by atomic mass is 16.5. The standard InChI is InChI=1S/C5H9NO/c6-5-2-1-3-7-4-5/h2H,1,3-4,6H2. The molecule has 0 bridgehead atoms. The summed E-state index contributed by atoms with van der Waals surface area (Å²) in [7, 11) is 0. The Morgan fingerprint density at radius 2 is 2.57 bits per heavy atom. The normalized spacial score (nSPS) is 21.4. The minimum Gasteiger partial charge on any atom is -0.400 e. The molecule has 2 heteroatoms. The van der Waals surface area contributed by atoms with Crippen molar-refractivity contribution in [3.63, 3.8) is 0 Å².